The normalized spacial score (nSPS) is 27.9. The zero-order valence-corrected chi connectivity index (χ0v) is 24.1. The van der Waals surface area contributed by atoms with E-state index >= 15 is 0 Å². The number of fused-ring (bicyclic) bond motifs is 2. The predicted octanol–water partition coefficient (Wildman–Crippen LogP) is 3.88. The van der Waals surface area contributed by atoms with Crippen LogP contribution in [0.5, 0.6) is 0 Å². The van der Waals surface area contributed by atoms with Crippen LogP contribution in [0.1, 0.15) is 57.6 Å². The van der Waals surface area contributed by atoms with Gasteiger partial charge in [0, 0.05) is 24.1 Å². The second-order valence-corrected chi connectivity index (χ2v) is 12.2. The minimum atomic E-state index is -1.25. The number of carbonyl (C=O) groups is 1. The molecule has 0 radical (unpaired) electrons. The number of amides is 1. The summed E-state index contributed by atoms with van der Waals surface area (Å²) in [7, 11) is 0. The quantitative estimate of drug-likeness (QED) is 0.256. The van der Waals surface area contributed by atoms with Crippen LogP contribution in [0.3, 0.4) is 0 Å². The minimum absolute atomic E-state index is 0.0824. The molecule has 0 bridgehead atoms. The van der Waals surface area contributed by atoms with E-state index in [1.807, 2.05) is 20.8 Å². The zero-order chi connectivity index (χ0) is 29.8. The lowest BCUT2D eigenvalue weighted by Gasteiger charge is -2.23. The Hall–Kier alpha value is -2.98. The Labute approximate surface area is 244 Å². The van der Waals surface area contributed by atoms with Crippen LogP contribution in [0.4, 0.5) is 19.4 Å². The SMILES string of the molecule is CCCSc1nc(N(C(=O)O)[C@@H]2C[C@H]2c2ccc(F)c(F)c2)c2nnn([C@@H]3C[C@H](OCCO)[C@H]4OC(C)(C)O[C@H]43)c2n1. The average molecular weight is 607 g/mol. The molecule has 1 aromatic carbocycles. The number of carboxylic acid groups (broad SMARTS) is 1. The number of nitrogens with zero attached hydrogens (tertiary/aromatic N) is 6. The Bertz CT molecular complexity index is 1490. The van der Waals surface area contributed by atoms with Crippen LogP contribution in [-0.2, 0) is 14.2 Å². The third kappa shape index (κ3) is 5.32. The first kappa shape index (κ1) is 29.1. The second-order valence-electron chi connectivity index (χ2n) is 11.1. The van der Waals surface area contributed by atoms with Crippen molar-refractivity contribution in [3.05, 3.63) is 35.4 Å². The van der Waals surface area contributed by atoms with Crippen LogP contribution in [0, 0.1) is 11.6 Å². The van der Waals surface area contributed by atoms with E-state index in [4.69, 9.17) is 19.2 Å². The Balaban J connectivity index is 1.39. The van der Waals surface area contributed by atoms with E-state index in [1.165, 1.54) is 17.8 Å². The summed E-state index contributed by atoms with van der Waals surface area (Å²) in [6, 6.07) is 2.66. The number of benzene rings is 1. The third-order valence-corrected chi connectivity index (χ3v) is 8.79. The molecule has 6 atom stereocenters. The summed E-state index contributed by atoms with van der Waals surface area (Å²) in [5.74, 6) is -2.36. The van der Waals surface area contributed by atoms with Crippen molar-refractivity contribution in [3.8, 4) is 0 Å². The fourth-order valence-corrected chi connectivity index (χ4v) is 6.61. The number of rotatable bonds is 10. The van der Waals surface area contributed by atoms with Gasteiger partial charge in [-0.2, -0.15) is 0 Å². The lowest BCUT2D eigenvalue weighted by Crippen LogP contribution is -2.33. The smallest absolute Gasteiger partial charge is 0.413 e. The topological polar surface area (TPSA) is 145 Å². The molecule has 2 aromatic heterocycles. The van der Waals surface area contributed by atoms with Crippen LogP contribution >= 0.6 is 11.8 Å². The maximum Gasteiger partial charge on any atom is 0.413 e. The second kappa shape index (κ2) is 11.3. The lowest BCUT2D eigenvalue weighted by molar-refractivity contribution is -0.171. The highest BCUT2D eigenvalue weighted by Crippen LogP contribution is 2.48. The molecule has 15 heteroatoms. The maximum atomic E-state index is 14.0. The van der Waals surface area contributed by atoms with Crippen molar-refractivity contribution >= 4 is 34.8 Å². The summed E-state index contributed by atoms with van der Waals surface area (Å²) < 4.78 is 47.4. The van der Waals surface area contributed by atoms with Crippen LogP contribution < -0.4 is 4.90 Å². The predicted molar refractivity (Wildman–Crippen MR) is 146 cm³/mol. The molecular weight excluding hydrogens is 574 g/mol. The molecule has 12 nitrogen and oxygen atoms in total. The van der Waals surface area contributed by atoms with Crippen molar-refractivity contribution in [1.82, 2.24) is 25.0 Å². The van der Waals surface area contributed by atoms with E-state index in [1.54, 1.807) is 4.68 Å². The number of ether oxygens (including phenoxy) is 3. The molecular formula is C27H32F2N6O6S. The number of hydrogen-bond donors (Lipinski definition) is 2. The fraction of sp³-hybridized carbons (Fsp3) is 0.593. The van der Waals surface area contributed by atoms with Gasteiger partial charge in [-0.3, -0.25) is 4.90 Å². The molecule has 3 aliphatic rings. The molecule has 0 unspecified atom stereocenters. The summed E-state index contributed by atoms with van der Waals surface area (Å²) >= 11 is 1.39. The first-order chi connectivity index (χ1) is 20.1. The summed E-state index contributed by atoms with van der Waals surface area (Å²) in [6.45, 7) is 5.65. The van der Waals surface area contributed by atoms with E-state index < -0.39 is 47.8 Å². The number of aliphatic hydroxyl groups is 1. The van der Waals surface area contributed by atoms with Crippen LogP contribution in [-0.4, -0.2) is 90.4 Å². The first-order valence-corrected chi connectivity index (χ1v) is 14.9. The summed E-state index contributed by atoms with van der Waals surface area (Å²) in [4.78, 5) is 23.1. The Morgan fingerprint density at radius 3 is 2.71 bits per heavy atom. The van der Waals surface area contributed by atoms with E-state index in [2.05, 4.69) is 15.3 Å². The molecule has 2 saturated carbocycles. The van der Waals surface area contributed by atoms with Gasteiger partial charge in [0.1, 0.15) is 12.2 Å². The van der Waals surface area contributed by atoms with Crippen LogP contribution in [0.25, 0.3) is 11.2 Å². The Morgan fingerprint density at radius 2 is 2.00 bits per heavy atom. The fourth-order valence-electron chi connectivity index (χ4n) is 5.92. The van der Waals surface area contributed by atoms with Gasteiger partial charge < -0.3 is 24.4 Å². The van der Waals surface area contributed by atoms with Crippen molar-refractivity contribution in [2.75, 3.05) is 23.9 Å². The molecule has 226 valence electrons. The van der Waals surface area contributed by atoms with Crippen molar-refractivity contribution in [1.29, 1.82) is 0 Å². The van der Waals surface area contributed by atoms with E-state index in [9.17, 15) is 23.8 Å². The number of anilines is 1. The first-order valence-electron chi connectivity index (χ1n) is 13.9. The molecule has 1 saturated heterocycles. The van der Waals surface area contributed by atoms with Gasteiger partial charge >= 0.3 is 6.09 Å². The van der Waals surface area contributed by atoms with Gasteiger partial charge in [0.05, 0.1) is 25.4 Å². The molecule has 42 heavy (non-hydrogen) atoms. The summed E-state index contributed by atoms with van der Waals surface area (Å²) in [5, 5.41) is 28.8. The highest BCUT2D eigenvalue weighted by atomic mass is 32.2. The number of thioether (sulfide) groups is 1. The molecule has 6 rings (SSSR count). The standard InChI is InChI=1S/C27H32F2N6O6S/c1-4-9-42-25-30-23(34(26(37)38)17-11-14(17)13-5-6-15(28)16(29)10-13)20-24(31-25)35(33-32-20)18-12-19(39-8-7-36)22-21(18)40-27(2,3)41-22/h5-6,10,14,17-19,21-22,36H,4,7-9,11-12H2,1-3H3,(H,37,38)/t14-,17+,18+,19-,21-,22+/m0/s1. The number of halogens is 2. The molecule has 2 aliphatic carbocycles. The van der Waals surface area contributed by atoms with E-state index in [0.717, 1.165) is 23.5 Å². The summed E-state index contributed by atoms with van der Waals surface area (Å²) in [5.41, 5.74) is 1.05. The van der Waals surface area contributed by atoms with Crippen molar-refractivity contribution in [3.63, 3.8) is 0 Å². The third-order valence-electron chi connectivity index (χ3n) is 7.73. The molecule has 1 amide bonds. The van der Waals surface area contributed by atoms with Crippen molar-refractivity contribution in [2.45, 2.75) is 87.3 Å². The molecule has 2 N–H and O–H groups in total. The average Bonchev–Trinajstić information content (AvgIpc) is 3.32. The van der Waals surface area contributed by atoms with Crippen molar-refractivity contribution in [2.24, 2.45) is 0 Å². The van der Waals surface area contributed by atoms with Gasteiger partial charge in [0.25, 0.3) is 0 Å². The van der Waals surface area contributed by atoms with Gasteiger partial charge in [-0.25, -0.2) is 28.2 Å². The zero-order valence-electron chi connectivity index (χ0n) is 23.3. The lowest BCUT2D eigenvalue weighted by atomic mass is 10.1. The monoisotopic (exact) mass is 606 g/mol. The Morgan fingerprint density at radius 1 is 1.21 bits per heavy atom. The largest absolute Gasteiger partial charge is 0.465 e. The van der Waals surface area contributed by atoms with E-state index in [-0.39, 0.29) is 36.6 Å². The number of hydrogen-bond acceptors (Lipinski definition) is 10. The van der Waals surface area contributed by atoms with E-state index in [0.29, 0.717) is 35.0 Å². The van der Waals surface area contributed by atoms with Gasteiger partial charge in [-0.1, -0.05) is 30.0 Å². The van der Waals surface area contributed by atoms with Crippen LogP contribution in [0.15, 0.2) is 23.4 Å². The number of aliphatic hydroxyl groups excluding tert-OH is 1. The van der Waals surface area contributed by atoms with Gasteiger partial charge in [0.15, 0.2) is 39.6 Å². The Kier molecular flexibility index (Phi) is 7.81. The maximum absolute atomic E-state index is 14.0. The molecule has 3 aromatic rings. The molecule has 1 aliphatic heterocycles. The minimum Gasteiger partial charge on any atom is -0.465 e. The van der Waals surface area contributed by atoms with Gasteiger partial charge in [-0.15, -0.1) is 5.10 Å². The molecule has 3 fully saturated rings. The highest BCUT2D eigenvalue weighted by Gasteiger charge is 2.56. The van der Waals surface area contributed by atoms with Gasteiger partial charge in [-0.05, 0) is 44.4 Å². The van der Waals surface area contributed by atoms with Crippen LogP contribution in [0.2, 0.25) is 0 Å². The summed E-state index contributed by atoms with van der Waals surface area (Å²) in [6.07, 6.45) is -0.782. The van der Waals surface area contributed by atoms with Crippen molar-refractivity contribution < 1.29 is 38.0 Å². The number of aromatic nitrogens is 5. The highest BCUT2D eigenvalue weighted by molar-refractivity contribution is 7.99. The van der Waals surface area contributed by atoms with Gasteiger partial charge in [0.2, 0.25) is 0 Å². The molecule has 3 heterocycles. The molecule has 0 spiro atoms.